The summed E-state index contributed by atoms with van der Waals surface area (Å²) in [6.07, 6.45) is -0.268. The number of rotatable bonds is 7. The van der Waals surface area contributed by atoms with Crippen molar-refractivity contribution in [2.75, 3.05) is 45.0 Å². The molecule has 6 aliphatic carbocycles. The molecule has 0 aromatic carbocycles. The Hall–Kier alpha value is -6.78. The molecule has 0 radical (unpaired) electrons. The molecule has 6 saturated carbocycles. The summed E-state index contributed by atoms with van der Waals surface area (Å²) in [7, 11) is 6.36. The number of nitrogens with zero attached hydrogens (tertiary/aromatic N) is 12. The van der Waals surface area contributed by atoms with Gasteiger partial charge in [-0.2, -0.15) is 0 Å². The lowest BCUT2D eigenvalue weighted by Gasteiger charge is -2.23. The van der Waals surface area contributed by atoms with E-state index < -0.39 is 71.0 Å². The molecule has 0 saturated heterocycles. The number of anilines is 3. The lowest BCUT2D eigenvalue weighted by Crippen LogP contribution is -2.41. The molecule has 15 atom stereocenters. The van der Waals surface area contributed by atoms with Gasteiger partial charge >= 0.3 is 0 Å². The summed E-state index contributed by atoms with van der Waals surface area (Å²) in [5.74, 6) is 1.53. The maximum atomic E-state index is 12.2. The number of fused-ring (bicyclic) bond motifs is 6. The second kappa shape index (κ2) is 16.1. The van der Waals surface area contributed by atoms with Crippen molar-refractivity contribution in [3.05, 3.63) is 36.5 Å². The van der Waals surface area contributed by atoms with E-state index in [9.17, 15) is 45.0 Å². The largest absolute Gasteiger partial charge is 0.389 e. The predicted octanol–water partition coefficient (Wildman–Crippen LogP) is -3.30. The van der Waals surface area contributed by atoms with Gasteiger partial charge in [-0.25, -0.2) is 44.9 Å². The average molecular weight is 969 g/mol. The van der Waals surface area contributed by atoms with Gasteiger partial charge in [0.2, 0.25) is 17.7 Å². The molecule has 0 aliphatic heterocycles. The maximum absolute atomic E-state index is 12.2. The van der Waals surface area contributed by atoms with E-state index in [2.05, 4.69) is 66.1 Å². The highest BCUT2D eigenvalue weighted by Gasteiger charge is 2.77. The zero-order chi connectivity index (χ0) is 50.3. The fourth-order valence-corrected chi connectivity index (χ4v) is 12.3. The monoisotopic (exact) mass is 968 g/mol. The molecular formula is C43H56N18O9. The van der Waals surface area contributed by atoms with E-state index in [1.807, 2.05) is 0 Å². The number of aliphatic hydroxyl groups is 6. The molecule has 6 heterocycles. The third kappa shape index (κ3) is 6.33. The van der Waals surface area contributed by atoms with Crippen molar-refractivity contribution in [2.45, 2.75) is 94.8 Å². The molecule has 3 amide bonds. The summed E-state index contributed by atoms with van der Waals surface area (Å²) in [5.41, 5.74) is 12.1. The minimum absolute atomic E-state index is 0.145. The van der Waals surface area contributed by atoms with Crippen molar-refractivity contribution in [1.29, 1.82) is 0 Å². The lowest BCUT2D eigenvalue weighted by molar-refractivity contribution is -0.132. The number of imidazole rings is 3. The van der Waals surface area contributed by atoms with Crippen LogP contribution in [0.25, 0.3) is 33.5 Å². The molecule has 6 aliphatic rings. The number of aromatic nitrogens is 12. The minimum Gasteiger partial charge on any atom is -0.389 e. The van der Waals surface area contributed by atoms with Crippen LogP contribution < -0.4 is 32.7 Å². The van der Waals surface area contributed by atoms with Gasteiger partial charge in [0.15, 0.2) is 34.4 Å². The third-order valence-electron chi connectivity index (χ3n) is 15.8. The number of nitrogens with two attached hydrogens (primary N) is 2. The molecule has 12 rings (SSSR count). The number of aliphatic hydroxyl groups excluding tert-OH is 6. The lowest BCUT2D eigenvalue weighted by atomic mass is 9.98. The van der Waals surface area contributed by atoms with E-state index in [1.165, 1.54) is 26.7 Å². The first-order chi connectivity index (χ1) is 33.3. The second-order valence-electron chi connectivity index (χ2n) is 19.2. The highest BCUT2D eigenvalue weighted by atomic mass is 16.3. The molecule has 27 nitrogen and oxygen atoms in total. The van der Waals surface area contributed by atoms with Crippen LogP contribution in [0.1, 0.15) is 54.9 Å². The molecular weight excluding hydrogens is 913 g/mol. The number of hydrogen-bond acceptors (Lipinski definition) is 21. The number of aryl methyl sites for hydroxylation is 3. The molecule has 6 fully saturated rings. The van der Waals surface area contributed by atoms with Crippen LogP contribution in [0, 0.1) is 54.8 Å². The van der Waals surface area contributed by atoms with Crippen molar-refractivity contribution >= 4 is 68.7 Å². The quantitative estimate of drug-likeness (QED) is 0.0745. The Kier molecular flexibility index (Phi) is 10.8. The summed E-state index contributed by atoms with van der Waals surface area (Å²) in [4.78, 5) is 75.0. The maximum Gasteiger partial charge on any atom is 0.229 e. The number of nitrogens with one attached hydrogen (secondary N) is 4. The van der Waals surface area contributed by atoms with Gasteiger partial charge in [-0.3, -0.25) is 14.4 Å². The fraction of sp³-hybridized carbons (Fsp3) is 0.581. The molecule has 372 valence electrons. The Morgan fingerprint density at radius 3 is 1.13 bits per heavy atom. The van der Waals surface area contributed by atoms with E-state index >= 15 is 0 Å². The predicted molar refractivity (Wildman–Crippen MR) is 246 cm³/mol. The molecule has 3 unspecified atom stereocenters. The number of carbonyl (C=O) groups excluding carboxylic acids is 3. The fourth-order valence-electron chi connectivity index (χ4n) is 12.3. The van der Waals surface area contributed by atoms with Gasteiger partial charge in [-0.1, -0.05) is 0 Å². The van der Waals surface area contributed by atoms with E-state index in [-0.39, 0.29) is 47.1 Å². The minimum atomic E-state index is -1.12. The Balaban J connectivity index is 0.000000122. The van der Waals surface area contributed by atoms with Crippen LogP contribution in [0.2, 0.25) is 0 Å². The van der Waals surface area contributed by atoms with Crippen molar-refractivity contribution in [2.24, 2.45) is 34.0 Å². The molecule has 14 N–H and O–H groups in total. The number of nitrogen functional groups attached to an aromatic ring is 2. The van der Waals surface area contributed by atoms with Crippen molar-refractivity contribution in [3.63, 3.8) is 0 Å². The number of hydrogen-bond donors (Lipinski definition) is 12. The van der Waals surface area contributed by atoms with Gasteiger partial charge in [0.25, 0.3) is 0 Å². The van der Waals surface area contributed by atoms with Crippen LogP contribution in [-0.4, -0.2) is 172 Å². The standard InChI is InChI=1S/C15H20N6O3.2C14H18N6O3/c1-6-19-12(16-2)8-13(20-6)21(5-18-8)9-7-4-15(7,14(24)17-3)11(23)10(9)22;2*1-5-18-11(15)7-12(19-5)20(4-17-7)8-6-3-14(6,13(23)16-2)10(22)9(8)21/h5,7,9-11,22-23H,4H2,1-3H3,(H,17,24)(H,16,19,20);2*4,6,8-10,21-22H,3H2,1-2H3,(H,16,23)(H2,15,18,19)/t7-,9-,10-,11?,15+;2*6-,8-,9-,10?,14+/m111/s1. The van der Waals surface area contributed by atoms with E-state index in [4.69, 9.17) is 11.5 Å². The van der Waals surface area contributed by atoms with Gasteiger partial charge in [0.05, 0.1) is 71.7 Å². The molecule has 27 heteroatoms. The Morgan fingerprint density at radius 2 is 0.814 bits per heavy atom. The highest BCUT2D eigenvalue weighted by Crippen LogP contribution is 2.70. The second-order valence-corrected chi connectivity index (χ2v) is 19.2. The van der Waals surface area contributed by atoms with Crippen LogP contribution in [-0.2, 0) is 14.4 Å². The topological polar surface area (TPSA) is 404 Å². The Bertz CT molecular complexity index is 2990. The first-order valence-electron chi connectivity index (χ1n) is 22.9. The first-order valence-corrected chi connectivity index (χ1v) is 22.9. The number of amides is 3. The summed E-state index contributed by atoms with van der Waals surface area (Å²) < 4.78 is 5.17. The van der Waals surface area contributed by atoms with Gasteiger partial charge < -0.3 is 77.1 Å². The summed E-state index contributed by atoms with van der Waals surface area (Å²) >= 11 is 0. The summed E-state index contributed by atoms with van der Waals surface area (Å²) in [6.45, 7) is 5.22. The van der Waals surface area contributed by atoms with Crippen LogP contribution in [0.3, 0.4) is 0 Å². The molecule has 6 aromatic heterocycles. The molecule has 6 aromatic rings. The average Bonchev–Trinajstić information content (AvgIpc) is 4.22. The Labute approximate surface area is 397 Å². The van der Waals surface area contributed by atoms with Crippen molar-refractivity contribution < 1.29 is 45.0 Å². The molecule has 70 heavy (non-hydrogen) atoms. The van der Waals surface area contributed by atoms with Gasteiger partial charge in [0, 0.05) is 45.9 Å². The molecule has 0 bridgehead atoms. The van der Waals surface area contributed by atoms with Crippen molar-refractivity contribution in [1.82, 2.24) is 74.5 Å². The number of carbonyl (C=O) groups is 3. The normalized spacial score (nSPS) is 34.9. The van der Waals surface area contributed by atoms with E-state index in [0.29, 0.717) is 76.0 Å². The van der Waals surface area contributed by atoms with Gasteiger partial charge in [0.1, 0.15) is 52.3 Å². The Morgan fingerprint density at radius 1 is 0.514 bits per heavy atom. The third-order valence-corrected chi connectivity index (χ3v) is 15.8. The van der Waals surface area contributed by atoms with Gasteiger partial charge in [-0.15, -0.1) is 0 Å². The van der Waals surface area contributed by atoms with Crippen LogP contribution >= 0.6 is 0 Å². The smallest absolute Gasteiger partial charge is 0.229 e. The first kappa shape index (κ1) is 46.9. The summed E-state index contributed by atoms with van der Waals surface area (Å²) in [5, 5.41) is 73.6. The van der Waals surface area contributed by atoms with Crippen LogP contribution in [0.4, 0.5) is 17.5 Å². The zero-order valence-electron chi connectivity index (χ0n) is 39.2. The highest BCUT2D eigenvalue weighted by molar-refractivity contribution is 5.90. The van der Waals surface area contributed by atoms with Gasteiger partial charge in [-0.05, 0) is 40.0 Å². The SMILES string of the molecule is CNC(=O)[C@@]12C[C@@H]1[C@@H](n1cnc3c(N)nc(C)nc31)[C@@H](O)C2O.CNC(=O)[C@@]12C[C@@H]1[C@@H](n1cnc3c(N)nc(C)nc31)[C@@H](O)C2O.CNC(=O)[C@@]12C[C@@H]1[C@@H](n1cnc3c(NC)nc(C)nc31)[C@@H](O)C2O. The van der Waals surface area contributed by atoms with E-state index in [0.717, 1.165) is 0 Å². The van der Waals surface area contributed by atoms with Crippen molar-refractivity contribution in [3.8, 4) is 0 Å². The van der Waals surface area contributed by atoms with Crippen LogP contribution in [0.15, 0.2) is 19.0 Å². The van der Waals surface area contributed by atoms with E-state index in [1.54, 1.807) is 54.9 Å². The molecule has 0 spiro atoms. The summed E-state index contributed by atoms with van der Waals surface area (Å²) in [6, 6.07) is -1.39. The zero-order valence-corrected chi connectivity index (χ0v) is 39.2. The van der Waals surface area contributed by atoms with Crippen LogP contribution in [0.5, 0.6) is 0 Å².